The van der Waals surface area contributed by atoms with Crippen molar-refractivity contribution in [3.05, 3.63) is 12.2 Å². The van der Waals surface area contributed by atoms with E-state index in [1.807, 2.05) is 0 Å². The van der Waals surface area contributed by atoms with Gasteiger partial charge in [0.25, 0.3) is 0 Å². The average Bonchev–Trinajstić information content (AvgIpc) is 1.87. The van der Waals surface area contributed by atoms with Crippen LogP contribution in [0, 0.1) is 6.58 Å². The second-order valence-electron chi connectivity index (χ2n) is 2.17. The Hall–Kier alpha value is -0.790. The lowest BCUT2D eigenvalue weighted by molar-refractivity contribution is -0.143. The van der Waals surface area contributed by atoms with E-state index in [0.29, 0.717) is 19.4 Å². The lowest BCUT2D eigenvalue weighted by Gasteiger charge is -2.00. The van der Waals surface area contributed by atoms with Crippen molar-refractivity contribution in [2.75, 3.05) is 6.61 Å². The highest BCUT2D eigenvalue weighted by Gasteiger charge is 1.96. The van der Waals surface area contributed by atoms with Gasteiger partial charge in [-0.25, -0.2) is 0 Å². The summed E-state index contributed by atoms with van der Waals surface area (Å²) in [6.45, 7) is 9.33. The minimum atomic E-state index is -0.166. The van der Waals surface area contributed by atoms with Crippen molar-refractivity contribution in [1.29, 1.82) is 0 Å². The van der Waals surface area contributed by atoms with E-state index in [-0.39, 0.29) is 5.97 Å². The van der Waals surface area contributed by atoms with Crippen LogP contribution >= 0.6 is 0 Å². The van der Waals surface area contributed by atoms with Crippen LogP contribution in [0.25, 0.3) is 0 Å². The summed E-state index contributed by atoms with van der Waals surface area (Å²) in [6, 6.07) is 0. The van der Waals surface area contributed by atoms with Crippen LogP contribution in [0.15, 0.2) is 5.57 Å². The third-order valence-electron chi connectivity index (χ3n) is 1.05. The third kappa shape index (κ3) is 5.35. The molecule has 0 aromatic heterocycles. The van der Waals surface area contributed by atoms with Crippen molar-refractivity contribution >= 4 is 5.97 Å². The van der Waals surface area contributed by atoms with Gasteiger partial charge in [0.05, 0.1) is 6.61 Å². The van der Waals surface area contributed by atoms with Crippen LogP contribution in [0.2, 0.25) is 0 Å². The Kier molecular flexibility index (Phi) is 4.63. The molecule has 0 saturated heterocycles. The summed E-state index contributed by atoms with van der Waals surface area (Å²) in [5.41, 5.74) is 0.795. The van der Waals surface area contributed by atoms with Crippen molar-refractivity contribution in [2.24, 2.45) is 0 Å². The first-order chi connectivity index (χ1) is 4.66. The zero-order valence-electron chi connectivity index (χ0n) is 6.52. The maximum absolute atomic E-state index is 10.5. The molecular formula is C8H13O2. The smallest absolute Gasteiger partial charge is 0.305 e. The molecule has 0 aromatic carbocycles. The van der Waals surface area contributed by atoms with Crippen molar-refractivity contribution in [3.63, 3.8) is 0 Å². The van der Waals surface area contributed by atoms with E-state index in [9.17, 15) is 4.79 Å². The number of carbonyl (C=O) groups is 1. The van der Waals surface area contributed by atoms with E-state index >= 15 is 0 Å². The Bertz CT molecular complexity index is 127. The normalized spacial score (nSPS) is 9.00. The first-order valence-corrected chi connectivity index (χ1v) is 3.40. The third-order valence-corrected chi connectivity index (χ3v) is 1.05. The molecule has 0 bridgehead atoms. The summed E-state index contributed by atoms with van der Waals surface area (Å²) in [4.78, 5) is 10.5. The van der Waals surface area contributed by atoms with E-state index in [4.69, 9.17) is 11.3 Å². The van der Waals surface area contributed by atoms with Gasteiger partial charge in [0.15, 0.2) is 0 Å². The standard InChI is InChI=1S/C8H13O2/c1-4-8(9)10-6-5-7(2)3/h2H,4-6H2,1,3H3. The Morgan fingerprint density at radius 3 is 2.60 bits per heavy atom. The van der Waals surface area contributed by atoms with Crippen molar-refractivity contribution in [2.45, 2.75) is 26.7 Å². The zero-order valence-corrected chi connectivity index (χ0v) is 6.52. The molecule has 57 valence electrons. The van der Waals surface area contributed by atoms with Crippen molar-refractivity contribution in [1.82, 2.24) is 0 Å². The van der Waals surface area contributed by atoms with Gasteiger partial charge in [-0.15, -0.1) is 0 Å². The van der Waals surface area contributed by atoms with E-state index in [0.717, 1.165) is 5.57 Å². The topological polar surface area (TPSA) is 26.3 Å². The molecule has 0 unspecified atom stereocenters. The van der Waals surface area contributed by atoms with E-state index in [1.165, 1.54) is 0 Å². The zero-order chi connectivity index (χ0) is 7.98. The molecule has 1 radical (unpaired) electrons. The Balaban J connectivity index is 3.20. The van der Waals surface area contributed by atoms with Crippen LogP contribution in [0.5, 0.6) is 0 Å². The fourth-order valence-electron chi connectivity index (χ4n) is 0.428. The molecule has 0 aromatic rings. The van der Waals surface area contributed by atoms with Crippen LogP contribution < -0.4 is 0 Å². The molecule has 0 heterocycles. The summed E-state index contributed by atoms with van der Waals surface area (Å²) in [7, 11) is 0. The summed E-state index contributed by atoms with van der Waals surface area (Å²) >= 11 is 0. The lowest BCUT2D eigenvalue weighted by Crippen LogP contribution is -2.03. The van der Waals surface area contributed by atoms with E-state index < -0.39 is 0 Å². The Morgan fingerprint density at radius 1 is 1.60 bits per heavy atom. The van der Waals surface area contributed by atoms with Gasteiger partial charge >= 0.3 is 5.97 Å². The van der Waals surface area contributed by atoms with Crippen LogP contribution in [-0.4, -0.2) is 12.6 Å². The van der Waals surface area contributed by atoms with Gasteiger partial charge in [-0.3, -0.25) is 4.79 Å². The highest BCUT2D eigenvalue weighted by Crippen LogP contribution is 1.95. The summed E-state index contributed by atoms with van der Waals surface area (Å²) < 4.78 is 4.76. The molecule has 0 saturated carbocycles. The predicted octanol–water partition coefficient (Wildman–Crippen LogP) is 1.71. The average molecular weight is 141 g/mol. The van der Waals surface area contributed by atoms with Gasteiger partial charge in [0.1, 0.15) is 0 Å². The first kappa shape index (κ1) is 9.21. The maximum atomic E-state index is 10.5. The molecule has 0 spiro atoms. The molecule has 2 heteroatoms. The van der Waals surface area contributed by atoms with Crippen LogP contribution in [-0.2, 0) is 9.53 Å². The van der Waals surface area contributed by atoms with Gasteiger partial charge in [-0.2, -0.15) is 0 Å². The number of hydrogen-bond donors (Lipinski definition) is 0. The molecule has 10 heavy (non-hydrogen) atoms. The largest absolute Gasteiger partial charge is 0.465 e. The van der Waals surface area contributed by atoms with Crippen LogP contribution in [0.3, 0.4) is 0 Å². The molecule has 0 aliphatic rings. The first-order valence-electron chi connectivity index (χ1n) is 3.40. The Labute approximate surface area is 61.9 Å². The monoisotopic (exact) mass is 141 g/mol. The van der Waals surface area contributed by atoms with Gasteiger partial charge < -0.3 is 4.74 Å². The van der Waals surface area contributed by atoms with E-state index in [2.05, 4.69) is 0 Å². The fraction of sp³-hybridized carbons (Fsp3) is 0.625. The van der Waals surface area contributed by atoms with Crippen molar-refractivity contribution in [3.8, 4) is 0 Å². The second-order valence-corrected chi connectivity index (χ2v) is 2.17. The van der Waals surface area contributed by atoms with Crippen LogP contribution in [0.1, 0.15) is 26.7 Å². The van der Waals surface area contributed by atoms with Crippen molar-refractivity contribution < 1.29 is 9.53 Å². The van der Waals surface area contributed by atoms with E-state index in [1.54, 1.807) is 13.8 Å². The minimum absolute atomic E-state index is 0.166. The molecule has 2 nitrogen and oxygen atoms in total. The highest BCUT2D eigenvalue weighted by atomic mass is 16.5. The molecule has 0 rings (SSSR count). The maximum Gasteiger partial charge on any atom is 0.305 e. The molecule has 0 aliphatic heterocycles. The SMILES string of the molecule is [CH]=C(C)CCOC(=O)CC. The van der Waals surface area contributed by atoms with Gasteiger partial charge in [-0.1, -0.05) is 19.1 Å². The number of carbonyl (C=O) groups excluding carboxylic acids is 1. The number of hydrogen-bond acceptors (Lipinski definition) is 2. The number of esters is 1. The summed E-state index contributed by atoms with van der Waals surface area (Å²) in [5, 5.41) is 0. The predicted molar refractivity (Wildman–Crippen MR) is 39.4 cm³/mol. The quantitative estimate of drug-likeness (QED) is 0.557. The highest BCUT2D eigenvalue weighted by molar-refractivity contribution is 5.68. The number of ether oxygens (including phenoxy) is 1. The molecule has 0 aliphatic carbocycles. The van der Waals surface area contributed by atoms with Gasteiger partial charge in [0.2, 0.25) is 0 Å². The van der Waals surface area contributed by atoms with Gasteiger partial charge in [-0.05, 0) is 6.92 Å². The fourth-order valence-corrected chi connectivity index (χ4v) is 0.428. The van der Waals surface area contributed by atoms with Crippen LogP contribution in [0.4, 0.5) is 0 Å². The summed E-state index contributed by atoms with van der Waals surface area (Å²) in [5.74, 6) is -0.166. The Morgan fingerprint density at radius 2 is 2.20 bits per heavy atom. The van der Waals surface area contributed by atoms with Gasteiger partial charge in [0, 0.05) is 12.8 Å². The summed E-state index contributed by atoms with van der Waals surface area (Å²) in [6.07, 6.45) is 1.09. The number of rotatable bonds is 4. The molecule has 0 atom stereocenters. The second kappa shape index (κ2) is 5.03. The minimum Gasteiger partial charge on any atom is -0.465 e. The molecule has 0 N–H and O–H groups in total. The lowest BCUT2D eigenvalue weighted by atomic mass is 10.3. The molecule has 0 amide bonds. The molecule has 0 fully saturated rings. The molecular weight excluding hydrogens is 128 g/mol.